The van der Waals surface area contributed by atoms with Crippen LogP contribution < -0.4 is 11.1 Å². The summed E-state index contributed by atoms with van der Waals surface area (Å²) in [6, 6.07) is 8.28. The molecule has 0 aliphatic rings. The van der Waals surface area contributed by atoms with E-state index < -0.39 is 17.5 Å². The van der Waals surface area contributed by atoms with Crippen molar-refractivity contribution in [1.29, 1.82) is 0 Å². The Labute approximate surface area is 120 Å². The van der Waals surface area contributed by atoms with Crippen molar-refractivity contribution >= 4 is 17.3 Å². The van der Waals surface area contributed by atoms with Gasteiger partial charge < -0.3 is 16.2 Å². The minimum Gasteiger partial charge on any atom is -0.396 e. The molecule has 21 heavy (non-hydrogen) atoms. The third kappa shape index (κ3) is 3.55. The van der Waals surface area contributed by atoms with Crippen molar-refractivity contribution < 1.29 is 18.7 Å². The van der Waals surface area contributed by atoms with Crippen LogP contribution in [0.1, 0.15) is 15.9 Å². The monoisotopic (exact) mass is 292 g/mol. The van der Waals surface area contributed by atoms with Crippen molar-refractivity contribution in [2.24, 2.45) is 0 Å². The molecule has 110 valence electrons. The summed E-state index contributed by atoms with van der Waals surface area (Å²) in [4.78, 5) is 11.9. The second-order valence-corrected chi connectivity index (χ2v) is 4.48. The van der Waals surface area contributed by atoms with Gasteiger partial charge in [-0.15, -0.1) is 0 Å². The molecule has 0 heterocycles. The van der Waals surface area contributed by atoms with Gasteiger partial charge in [-0.25, -0.2) is 8.78 Å². The third-order valence-electron chi connectivity index (χ3n) is 2.94. The second-order valence-electron chi connectivity index (χ2n) is 4.48. The third-order valence-corrected chi connectivity index (χ3v) is 2.94. The first-order chi connectivity index (χ1) is 10.0. The van der Waals surface area contributed by atoms with Crippen LogP contribution in [0.4, 0.5) is 20.2 Å². The van der Waals surface area contributed by atoms with Crippen LogP contribution in [0.25, 0.3) is 0 Å². The van der Waals surface area contributed by atoms with Gasteiger partial charge in [0.25, 0.3) is 5.91 Å². The predicted octanol–water partition coefficient (Wildman–Crippen LogP) is 2.33. The number of benzene rings is 2. The second kappa shape index (κ2) is 6.32. The molecule has 0 atom stereocenters. The quantitative estimate of drug-likeness (QED) is 0.757. The van der Waals surface area contributed by atoms with Gasteiger partial charge in [-0.2, -0.15) is 0 Å². The predicted molar refractivity (Wildman–Crippen MR) is 76.0 cm³/mol. The first-order valence-corrected chi connectivity index (χ1v) is 6.27. The molecule has 4 nitrogen and oxygen atoms in total. The zero-order valence-electron chi connectivity index (χ0n) is 11.1. The van der Waals surface area contributed by atoms with Crippen LogP contribution in [-0.2, 0) is 6.42 Å². The van der Waals surface area contributed by atoms with Crippen molar-refractivity contribution in [3.05, 3.63) is 59.2 Å². The molecule has 0 fully saturated rings. The summed E-state index contributed by atoms with van der Waals surface area (Å²) in [6.07, 6.45) is 0.511. The lowest BCUT2D eigenvalue weighted by molar-refractivity contribution is 0.102. The van der Waals surface area contributed by atoms with Gasteiger partial charge in [0, 0.05) is 18.4 Å². The van der Waals surface area contributed by atoms with Crippen molar-refractivity contribution in [3.8, 4) is 0 Å². The summed E-state index contributed by atoms with van der Waals surface area (Å²) in [5, 5.41) is 11.3. The van der Waals surface area contributed by atoms with Crippen LogP contribution in [0.2, 0.25) is 0 Å². The minimum atomic E-state index is -0.976. The summed E-state index contributed by atoms with van der Waals surface area (Å²) in [7, 11) is 0. The molecular formula is C15H14F2N2O2. The molecule has 4 N–H and O–H groups in total. The van der Waals surface area contributed by atoms with Crippen LogP contribution >= 0.6 is 0 Å². The molecule has 6 heteroatoms. The smallest absolute Gasteiger partial charge is 0.258 e. The Hall–Kier alpha value is -2.47. The minimum absolute atomic E-state index is 0.0335. The molecule has 2 aromatic rings. The maximum absolute atomic E-state index is 13.6. The van der Waals surface area contributed by atoms with Crippen LogP contribution in [-0.4, -0.2) is 17.6 Å². The summed E-state index contributed by atoms with van der Waals surface area (Å²) >= 11 is 0. The van der Waals surface area contributed by atoms with Crippen molar-refractivity contribution in [3.63, 3.8) is 0 Å². The normalized spacial score (nSPS) is 10.4. The fourth-order valence-corrected chi connectivity index (χ4v) is 1.82. The fraction of sp³-hybridized carbons (Fsp3) is 0.133. The van der Waals surface area contributed by atoms with E-state index in [2.05, 4.69) is 5.32 Å². The Kier molecular flexibility index (Phi) is 4.49. The first-order valence-electron chi connectivity index (χ1n) is 6.27. The van der Waals surface area contributed by atoms with E-state index in [1.165, 1.54) is 0 Å². The molecule has 2 rings (SSSR count). The van der Waals surface area contributed by atoms with E-state index in [1.807, 2.05) is 0 Å². The number of amides is 1. The van der Waals surface area contributed by atoms with Gasteiger partial charge in [0.15, 0.2) is 0 Å². The van der Waals surface area contributed by atoms with Crippen molar-refractivity contribution in [2.75, 3.05) is 17.7 Å². The molecule has 0 aliphatic carbocycles. The van der Waals surface area contributed by atoms with E-state index in [-0.39, 0.29) is 17.9 Å². The number of aliphatic hydroxyl groups excluding tert-OH is 1. The molecular weight excluding hydrogens is 278 g/mol. The summed E-state index contributed by atoms with van der Waals surface area (Å²) < 4.78 is 26.6. The lowest BCUT2D eigenvalue weighted by atomic mass is 10.1. The molecule has 0 aliphatic heterocycles. The zero-order valence-corrected chi connectivity index (χ0v) is 11.1. The first kappa shape index (κ1) is 14.9. The SMILES string of the molecule is Nc1cc(C(=O)Nc2ccc(CCO)cc2)c(F)cc1F. The Morgan fingerprint density at radius 2 is 1.81 bits per heavy atom. The van der Waals surface area contributed by atoms with Crippen molar-refractivity contribution in [1.82, 2.24) is 0 Å². The zero-order chi connectivity index (χ0) is 15.4. The van der Waals surface area contributed by atoms with Gasteiger partial charge >= 0.3 is 0 Å². The molecule has 2 aromatic carbocycles. The number of nitrogen functional groups attached to an aromatic ring is 1. The Balaban J connectivity index is 2.16. The van der Waals surface area contributed by atoms with Gasteiger partial charge in [0.1, 0.15) is 11.6 Å². The van der Waals surface area contributed by atoms with Gasteiger partial charge in [-0.1, -0.05) is 12.1 Å². The number of hydrogen-bond donors (Lipinski definition) is 3. The standard InChI is InChI=1S/C15H14F2N2O2/c16-12-8-13(17)14(18)7-11(12)15(21)19-10-3-1-9(2-4-10)5-6-20/h1-4,7-8,20H,5-6,18H2,(H,19,21). The van der Waals surface area contributed by atoms with E-state index in [1.54, 1.807) is 24.3 Å². The number of anilines is 2. The molecule has 0 bridgehead atoms. The van der Waals surface area contributed by atoms with Crippen LogP contribution in [0.5, 0.6) is 0 Å². The fourth-order valence-electron chi connectivity index (χ4n) is 1.82. The lowest BCUT2D eigenvalue weighted by Crippen LogP contribution is -2.14. The molecule has 0 radical (unpaired) electrons. The summed E-state index contributed by atoms with van der Waals surface area (Å²) in [5.74, 6) is -2.59. The highest BCUT2D eigenvalue weighted by Crippen LogP contribution is 2.18. The number of nitrogens with one attached hydrogen (secondary N) is 1. The number of hydrogen-bond acceptors (Lipinski definition) is 3. The average Bonchev–Trinajstić information content (AvgIpc) is 2.45. The molecule has 0 saturated heterocycles. The highest BCUT2D eigenvalue weighted by molar-refractivity contribution is 6.05. The van der Waals surface area contributed by atoms with Crippen LogP contribution in [0.15, 0.2) is 36.4 Å². The molecule has 0 spiro atoms. The summed E-state index contributed by atoms with van der Waals surface area (Å²) in [5.41, 5.74) is 6.08. The largest absolute Gasteiger partial charge is 0.396 e. The van der Waals surface area contributed by atoms with Gasteiger partial charge in [0.2, 0.25) is 0 Å². The van der Waals surface area contributed by atoms with Crippen LogP contribution in [0.3, 0.4) is 0 Å². The molecule has 0 unspecified atom stereocenters. The van der Waals surface area contributed by atoms with E-state index in [9.17, 15) is 13.6 Å². The lowest BCUT2D eigenvalue weighted by Gasteiger charge is -2.08. The molecule has 0 aromatic heterocycles. The number of carbonyl (C=O) groups is 1. The Morgan fingerprint density at radius 1 is 1.14 bits per heavy atom. The number of carbonyl (C=O) groups excluding carboxylic acids is 1. The van der Waals surface area contributed by atoms with Crippen LogP contribution in [0, 0.1) is 11.6 Å². The topological polar surface area (TPSA) is 75.4 Å². The number of rotatable bonds is 4. The van der Waals surface area contributed by atoms with Crippen molar-refractivity contribution in [2.45, 2.75) is 6.42 Å². The van der Waals surface area contributed by atoms with E-state index in [0.29, 0.717) is 18.2 Å². The van der Waals surface area contributed by atoms with Gasteiger partial charge in [-0.05, 0) is 30.2 Å². The highest BCUT2D eigenvalue weighted by atomic mass is 19.1. The summed E-state index contributed by atoms with van der Waals surface area (Å²) in [6.45, 7) is 0.0335. The Bertz CT molecular complexity index is 657. The Morgan fingerprint density at radius 3 is 2.43 bits per heavy atom. The van der Waals surface area contributed by atoms with E-state index in [4.69, 9.17) is 10.8 Å². The van der Waals surface area contributed by atoms with E-state index >= 15 is 0 Å². The maximum Gasteiger partial charge on any atom is 0.258 e. The average molecular weight is 292 g/mol. The molecule has 0 saturated carbocycles. The number of nitrogens with two attached hydrogens (primary N) is 1. The van der Waals surface area contributed by atoms with Gasteiger partial charge in [-0.3, -0.25) is 4.79 Å². The van der Waals surface area contributed by atoms with E-state index in [0.717, 1.165) is 11.6 Å². The molecule has 1 amide bonds. The highest BCUT2D eigenvalue weighted by Gasteiger charge is 2.15. The maximum atomic E-state index is 13.6. The number of aliphatic hydroxyl groups is 1. The van der Waals surface area contributed by atoms with Gasteiger partial charge in [0.05, 0.1) is 11.3 Å². The number of halogens is 2.